The van der Waals surface area contributed by atoms with E-state index in [0.29, 0.717) is 5.88 Å². The Hall–Kier alpha value is -3.74. The molecule has 0 unspecified atom stereocenters. The second-order valence-corrected chi connectivity index (χ2v) is 5.84. The quantitative estimate of drug-likeness (QED) is 0.509. The van der Waals surface area contributed by atoms with E-state index in [0.717, 1.165) is 45.4 Å². The minimum absolute atomic E-state index is 0.567. The van der Waals surface area contributed by atoms with Crippen molar-refractivity contribution in [1.29, 1.82) is 0 Å². The van der Waals surface area contributed by atoms with Crippen LogP contribution in [0.3, 0.4) is 0 Å². The number of aromatic nitrogens is 5. The second-order valence-electron chi connectivity index (χ2n) is 5.84. The summed E-state index contributed by atoms with van der Waals surface area (Å²) in [5.74, 6) is 2.06. The summed E-state index contributed by atoms with van der Waals surface area (Å²) in [4.78, 5) is 21.2. The number of ether oxygens (including phenoxy) is 1. The summed E-state index contributed by atoms with van der Waals surface area (Å²) in [6.45, 7) is 0. The van der Waals surface area contributed by atoms with Crippen LogP contribution in [0, 0.1) is 0 Å². The Bertz CT molecular complexity index is 1040. The number of hydrogen-bond donors (Lipinski definition) is 2. The van der Waals surface area contributed by atoms with Crippen molar-refractivity contribution in [2.45, 2.75) is 0 Å². The largest absolute Gasteiger partial charge is 0.481 e. The molecule has 0 bridgehead atoms. The molecule has 5 rings (SSSR count). The van der Waals surface area contributed by atoms with E-state index in [-0.39, 0.29) is 0 Å². The number of rotatable bonds is 2. The maximum atomic E-state index is 5.13. The van der Waals surface area contributed by atoms with Crippen LogP contribution in [-0.2, 0) is 0 Å². The van der Waals surface area contributed by atoms with Crippen LogP contribution in [0.2, 0.25) is 0 Å². The van der Waals surface area contributed by atoms with Gasteiger partial charge in [-0.25, -0.2) is 15.0 Å². The van der Waals surface area contributed by atoms with Crippen LogP contribution >= 0.6 is 0 Å². The SMILES string of the molecule is COc1ccc(-c2nc3c([nH]2)-c2ccncc2Nc2ncccc2-3)cn1. The number of H-pyrrole nitrogens is 1. The molecule has 2 N–H and O–H groups in total. The van der Waals surface area contributed by atoms with Crippen molar-refractivity contribution in [2.24, 2.45) is 0 Å². The average molecular weight is 342 g/mol. The fourth-order valence-corrected chi connectivity index (χ4v) is 3.08. The molecule has 26 heavy (non-hydrogen) atoms. The van der Waals surface area contributed by atoms with Crippen molar-refractivity contribution in [1.82, 2.24) is 24.9 Å². The van der Waals surface area contributed by atoms with E-state index in [9.17, 15) is 0 Å². The van der Waals surface area contributed by atoms with Gasteiger partial charge >= 0.3 is 0 Å². The Morgan fingerprint density at radius 1 is 0.962 bits per heavy atom. The molecule has 1 aliphatic rings. The van der Waals surface area contributed by atoms with Crippen LogP contribution in [0.4, 0.5) is 11.5 Å². The highest BCUT2D eigenvalue weighted by Gasteiger charge is 2.24. The highest BCUT2D eigenvalue weighted by molar-refractivity contribution is 5.95. The monoisotopic (exact) mass is 342 g/mol. The fraction of sp³-hybridized carbons (Fsp3) is 0.0526. The first-order chi connectivity index (χ1) is 12.8. The highest BCUT2D eigenvalue weighted by atomic mass is 16.5. The molecule has 1 aliphatic heterocycles. The fourth-order valence-electron chi connectivity index (χ4n) is 3.08. The average Bonchev–Trinajstić information content (AvgIpc) is 3.09. The lowest BCUT2D eigenvalue weighted by atomic mass is 10.1. The Balaban J connectivity index is 1.74. The molecule has 4 aromatic rings. The van der Waals surface area contributed by atoms with Gasteiger partial charge in [0, 0.05) is 41.3 Å². The zero-order chi connectivity index (χ0) is 17.5. The third kappa shape index (κ3) is 2.21. The number of pyridine rings is 3. The van der Waals surface area contributed by atoms with Gasteiger partial charge in [0.05, 0.1) is 24.7 Å². The van der Waals surface area contributed by atoms with Crippen LogP contribution in [0.1, 0.15) is 0 Å². The molecule has 0 atom stereocenters. The lowest BCUT2D eigenvalue weighted by Gasteiger charge is -2.07. The molecule has 126 valence electrons. The van der Waals surface area contributed by atoms with Gasteiger partial charge in [0.1, 0.15) is 17.3 Å². The van der Waals surface area contributed by atoms with E-state index in [1.807, 2.05) is 30.3 Å². The number of methoxy groups -OCH3 is 1. The van der Waals surface area contributed by atoms with Crippen LogP contribution in [0.15, 0.2) is 55.1 Å². The van der Waals surface area contributed by atoms with Crippen LogP contribution in [0.5, 0.6) is 5.88 Å². The number of anilines is 2. The first-order valence-electron chi connectivity index (χ1n) is 8.10. The molecule has 0 saturated heterocycles. The number of nitrogens with one attached hydrogen (secondary N) is 2. The summed E-state index contributed by atoms with van der Waals surface area (Å²) in [5.41, 5.74) is 5.46. The van der Waals surface area contributed by atoms with Gasteiger partial charge in [-0.1, -0.05) is 0 Å². The van der Waals surface area contributed by atoms with Crippen LogP contribution in [0.25, 0.3) is 33.9 Å². The predicted octanol–water partition coefficient (Wildman–Crippen LogP) is 3.66. The number of hydrogen-bond acceptors (Lipinski definition) is 6. The van der Waals surface area contributed by atoms with Crippen LogP contribution in [-0.4, -0.2) is 32.0 Å². The molecule has 4 aromatic heterocycles. The molecule has 0 saturated carbocycles. The van der Waals surface area contributed by atoms with Gasteiger partial charge in [0.15, 0.2) is 0 Å². The summed E-state index contributed by atoms with van der Waals surface area (Å²) in [6, 6.07) is 9.62. The van der Waals surface area contributed by atoms with E-state index >= 15 is 0 Å². The van der Waals surface area contributed by atoms with Crippen molar-refractivity contribution < 1.29 is 4.74 Å². The molecule has 0 amide bonds. The molecule has 7 nitrogen and oxygen atoms in total. The Kier molecular flexibility index (Phi) is 3.18. The van der Waals surface area contributed by atoms with Gasteiger partial charge in [-0.3, -0.25) is 4.98 Å². The van der Waals surface area contributed by atoms with Gasteiger partial charge in [-0.05, 0) is 24.3 Å². The Morgan fingerprint density at radius 3 is 2.77 bits per heavy atom. The summed E-state index contributed by atoms with van der Waals surface area (Å²) in [6.07, 6.45) is 7.06. The van der Waals surface area contributed by atoms with E-state index in [4.69, 9.17) is 9.72 Å². The van der Waals surface area contributed by atoms with E-state index in [1.165, 1.54) is 0 Å². The maximum absolute atomic E-state index is 5.13. The summed E-state index contributed by atoms with van der Waals surface area (Å²) in [5, 5.41) is 3.35. The molecule has 0 aromatic carbocycles. The van der Waals surface area contributed by atoms with Gasteiger partial charge in [0.25, 0.3) is 0 Å². The van der Waals surface area contributed by atoms with Crippen molar-refractivity contribution >= 4 is 11.5 Å². The minimum Gasteiger partial charge on any atom is -0.481 e. The van der Waals surface area contributed by atoms with Crippen molar-refractivity contribution in [2.75, 3.05) is 12.4 Å². The van der Waals surface area contributed by atoms with E-state index in [1.54, 1.807) is 31.9 Å². The summed E-state index contributed by atoms with van der Waals surface area (Å²) in [7, 11) is 1.60. The molecule has 0 spiro atoms. The first kappa shape index (κ1) is 14.6. The van der Waals surface area contributed by atoms with Gasteiger partial charge in [-0.2, -0.15) is 0 Å². The van der Waals surface area contributed by atoms with E-state index in [2.05, 4.69) is 25.3 Å². The third-order valence-electron chi connectivity index (χ3n) is 4.33. The minimum atomic E-state index is 0.567. The van der Waals surface area contributed by atoms with Crippen molar-refractivity contribution in [3.05, 3.63) is 55.1 Å². The standard InChI is InChI=1S/C19H14N6O/c1-26-15-5-4-11(9-22-15)18-24-16-12-6-8-20-10-14(12)23-19-13(17(16)25-18)3-2-7-21-19/h2-10H,1H3,(H,21,23)(H,24,25). The first-order valence-corrected chi connectivity index (χ1v) is 8.10. The zero-order valence-electron chi connectivity index (χ0n) is 13.9. The molecule has 0 aliphatic carbocycles. The molecular formula is C19H14N6O. The zero-order valence-corrected chi connectivity index (χ0v) is 13.9. The lowest BCUT2D eigenvalue weighted by Crippen LogP contribution is -1.95. The Labute approximate surface area is 149 Å². The Morgan fingerprint density at radius 2 is 1.92 bits per heavy atom. The van der Waals surface area contributed by atoms with Crippen molar-refractivity contribution in [3.8, 4) is 39.8 Å². The lowest BCUT2D eigenvalue weighted by molar-refractivity contribution is 0.398. The number of imidazole rings is 1. The third-order valence-corrected chi connectivity index (χ3v) is 4.33. The molecule has 0 radical (unpaired) electrons. The van der Waals surface area contributed by atoms with Gasteiger partial charge in [0.2, 0.25) is 5.88 Å². The highest BCUT2D eigenvalue weighted by Crippen LogP contribution is 2.42. The summed E-state index contributed by atoms with van der Waals surface area (Å²) >= 11 is 0. The van der Waals surface area contributed by atoms with Crippen molar-refractivity contribution in [3.63, 3.8) is 0 Å². The van der Waals surface area contributed by atoms with Crippen LogP contribution < -0.4 is 10.1 Å². The molecular weight excluding hydrogens is 328 g/mol. The molecule has 7 heteroatoms. The van der Waals surface area contributed by atoms with Gasteiger partial charge < -0.3 is 15.0 Å². The number of nitrogens with zero attached hydrogens (tertiary/aromatic N) is 4. The number of aromatic amines is 1. The summed E-state index contributed by atoms with van der Waals surface area (Å²) < 4.78 is 5.13. The van der Waals surface area contributed by atoms with E-state index < -0.39 is 0 Å². The molecule has 5 heterocycles. The second kappa shape index (κ2) is 5.66. The number of fused-ring (bicyclic) bond motifs is 5. The molecule has 0 fully saturated rings. The van der Waals surface area contributed by atoms with Gasteiger partial charge in [-0.15, -0.1) is 0 Å². The smallest absolute Gasteiger partial charge is 0.212 e. The normalized spacial score (nSPS) is 11.6. The topological polar surface area (TPSA) is 88.6 Å². The maximum Gasteiger partial charge on any atom is 0.212 e. The predicted molar refractivity (Wildman–Crippen MR) is 98.1 cm³/mol.